The molecule has 0 fully saturated rings. The predicted octanol–water partition coefficient (Wildman–Crippen LogP) is 0.982. The molecule has 1 amide bonds. The number of aliphatic carboxylic acids is 1. The van der Waals surface area contributed by atoms with Crippen LogP contribution in [0.2, 0.25) is 0 Å². The molecule has 0 aliphatic heterocycles. The van der Waals surface area contributed by atoms with Crippen molar-refractivity contribution in [3.05, 3.63) is 0 Å². The number of amides is 1. The van der Waals surface area contributed by atoms with E-state index in [2.05, 4.69) is 13.8 Å². The van der Waals surface area contributed by atoms with Crippen LogP contribution >= 0.6 is 0 Å². The van der Waals surface area contributed by atoms with Gasteiger partial charge >= 0.3 is 5.97 Å². The van der Waals surface area contributed by atoms with E-state index in [0.717, 1.165) is 6.42 Å². The Balaban J connectivity index is 4.14. The second kappa shape index (κ2) is 8.10. The van der Waals surface area contributed by atoms with Gasteiger partial charge in [0.25, 0.3) is 0 Å². The first-order valence-electron chi connectivity index (χ1n) is 5.45. The highest BCUT2D eigenvalue weighted by Gasteiger charge is 2.14. The van der Waals surface area contributed by atoms with Crippen LogP contribution in [0, 0.1) is 5.92 Å². The van der Waals surface area contributed by atoms with Crippen LogP contribution in [0.5, 0.6) is 0 Å². The first-order valence-corrected chi connectivity index (χ1v) is 5.45. The van der Waals surface area contributed by atoms with Crippen LogP contribution in [0.1, 0.15) is 26.7 Å². The molecule has 0 rings (SSSR count). The highest BCUT2D eigenvalue weighted by molar-refractivity contribution is 5.78. The van der Waals surface area contributed by atoms with Crippen LogP contribution < -0.4 is 0 Å². The Labute approximate surface area is 96.4 Å². The van der Waals surface area contributed by atoms with Gasteiger partial charge in [0.2, 0.25) is 5.91 Å². The largest absolute Gasteiger partial charge is 0.481 e. The molecule has 0 aromatic carbocycles. The van der Waals surface area contributed by atoms with Crippen molar-refractivity contribution in [3.63, 3.8) is 0 Å². The number of hydrogen-bond acceptors (Lipinski definition) is 3. The summed E-state index contributed by atoms with van der Waals surface area (Å²) in [6, 6.07) is 0. The summed E-state index contributed by atoms with van der Waals surface area (Å²) >= 11 is 0. The molecule has 94 valence electrons. The van der Waals surface area contributed by atoms with Gasteiger partial charge in [-0.05, 0) is 12.3 Å². The van der Waals surface area contributed by atoms with Gasteiger partial charge in [-0.25, -0.2) is 0 Å². The number of methoxy groups -OCH3 is 1. The first-order chi connectivity index (χ1) is 7.47. The van der Waals surface area contributed by atoms with E-state index in [9.17, 15) is 9.59 Å². The number of carboxylic acids is 1. The molecule has 0 saturated carbocycles. The summed E-state index contributed by atoms with van der Waals surface area (Å²) in [5.41, 5.74) is 0. The molecule has 0 atom stereocenters. The Bertz CT molecular complexity index is 228. The van der Waals surface area contributed by atoms with E-state index in [-0.39, 0.29) is 25.5 Å². The lowest BCUT2D eigenvalue weighted by Gasteiger charge is -2.22. The van der Waals surface area contributed by atoms with E-state index in [1.807, 2.05) is 0 Å². The molecular weight excluding hydrogens is 210 g/mol. The second-order valence-electron chi connectivity index (χ2n) is 4.14. The Morgan fingerprint density at radius 3 is 2.38 bits per heavy atom. The van der Waals surface area contributed by atoms with Gasteiger partial charge in [-0.2, -0.15) is 0 Å². The maximum absolute atomic E-state index is 11.6. The lowest BCUT2D eigenvalue weighted by molar-refractivity contribution is -0.139. The lowest BCUT2D eigenvalue weighted by Crippen LogP contribution is -2.36. The average Bonchev–Trinajstić information content (AvgIpc) is 2.17. The monoisotopic (exact) mass is 231 g/mol. The van der Waals surface area contributed by atoms with E-state index in [1.165, 1.54) is 7.11 Å². The molecule has 0 spiro atoms. The lowest BCUT2D eigenvalue weighted by atomic mass is 10.1. The van der Waals surface area contributed by atoms with Crippen LogP contribution in [0.15, 0.2) is 0 Å². The topological polar surface area (TPSA) is 66.8 Å². The fourth-order valence-corrected chi connectivity index (χ4v) is 1.22. The fourth-order valence-electron chi connectivity index (χ4n) is 1.22. The normalized spacial score (nSPS) is 10.5. The van der Waals surface area contributed by atoms with Gasteiger partial charge in [-0.3, -0.25) is 9.59 Å². The minimum absolute atomic E-state index is 0.0116. The Kier molecular flexibility index (Phi) is 7.54. The summed E-state index contributed by atoms with van der Waals surface area (Å²) in [5, 5.41) is 8.58. The van der Waals surface area contributed by atoms with Crippen molar-refractivity contribution in [1.82, 2.24) is 4.90 Å². The molecule has 1 N–H and O–H groups in total. The Morgan fingerprint density at radius 2 is 1.94 bits per heavy atom. The molecule has 5 nitrogen and oxygen atoms in total. The molecule has 0 unspecified atom stereocenters. The quantitative estimate of drug-likeness (QED) is 0.676. The Morgan fingerprint density at radius 1 is 1.31 bits per heavy atom. The van der Waals surface area contributed by atoms with Crippen LogP contribution in [0.25, 0.3) is 0 Å². The molecule has 16 heavy (non-hydrogen) atoms. The summed E-state index contributed by atoms with van der Waals surface area (Å²) < 4.78 is 4.76. The van der Waals surface area contributed by atoms with Crippen molar-refractivity contribution < 1.29 is 19.4 Å². The van der Waals surface area contributed by atoms with Gasteiger partial charge in [0, 0.05) is 20.2 Å². The molecule has 0 aromatic heterocycles. The van der Waals surface area contributed by atoms with Crippen molar-refractivity contribution in [2.75, 3.05) is 26.8 Å². The van der Waals surface area contributed by atoms with Gasteiger partial charge in [0.15, 0.2) is 0 Å². The number of nitrogens with zero attached hydrogens (tertiary/aromatic N) is 1. The number of carboxylic acid groups (broad SMARTS) is 1. The van der Waals surface area contributed by atoms with Crippen LogP contribution in [0.3, 0.4) is 0 Å². The standard InChI is InChI=1S/C11H21NO4/c1-9(2)4-6-12(7-5-11(14)15)10(13)8-16-3/h9H,4-8H2,1-3H3,(H,14,15). The number of hydrogen-bond donors (Lipinski definition) is 1. The minimum Gasteiger partial charge on any atom is -0.481 e. The Hall–Kier alpha value is -1.10. The van der Waals surface area contributed by atoms with E-state index in [0.29, 0.717) is 12.5 Å². The zero-order valence-electron chi connectivity index (χ0n) is 10.2. The van der Waals surface area contributed by atoms with Crippen LogP contribution in [-0.2, 0) is 14.3 Å². The summed E-state index contributed by atoms with van der Waals surface area (Å²) in [6.45, 7) is 4.99. The third-order valence-electron chi connectivity index (χ3n) is 2.19. The van der Waals surface area contributed by atoms with Crippen LogP contribution in [-0.4, -0.2) is 48.7 Å². The van der Waals surface area contributed by atoms with Gasteiger partial charge in [-0.15, -0.1) is 0 Å². The smallest absolute Gasteiger partial charge is 0.305 e. The average molecular weight is 231 g/mol. The van der Waals surface area contributed by atoms with Crippen molar-refractivity contribution in [3.8, 4) is 0 Å². The molecular formula is C11H21NO4. The summed E-state index contributed by atoms with van der Waals surface area (Å²) in [4.78, 5) is 23.6. The number of carbonyl (C=O) groups is 2. The molecule has 0 heterocycles. The fraction of sp³-hybridized carbons (Fsp3) is 0.818. The first kappa shape index (κ1) is 14.9. The van der Waals surface area contributed by atoms with E-state index in [4.69, 9.17) is 9.84 Å². The van der Waals surface area contributed by atoms with E-state index < -0.39 is 5.97 Å². The SMILES string of the molecule is COCC(=O)N(CCC(=O)O)CCC(C)C. The van der Waals surface area contributed by atoms with Crippen molar-refractivity contribution in [1.29, 1.82) is 0 Å². The summed E-state index contributed by atoms with van der Waals surface area (Å²) in [5.74, 6) is -0.549. The highest BCUT2D eigenvalue weighted by atomic mass is 16.5. The van der Waals surface area contributed by atoms with Crippen molar-refractivity contribution in [2.24, 2.45) is 5.92 Å². The molecule has 0 aliphatic carbocycles. The number of carbonyl (C=O) groups excluding carboxylic acids is 1. The zero-order chi connectivity index (χ0) is 12.6. The minimum atomic E-state index is -0.889. The molecule has 0 saturated heterocycles. The molecule has 0 aromatic rings. The van der Waals surface area contributed by atoms with Gasteiger partial charge in [0.1, 0.15) is 6.61 Å². The van der Waals surface area contributed by atoms with Gasteiger partial charge < -0.3 is 14.7 Å². The summed E-state index contributed by atoms with van der Waals surface area (Å²) in [6.07, 6.45) is 0.850. The number of ether oxygens (including phenoxy) is 1. The maximum Gasteiger partial charge on any atom is 0.305 e. The second-order valence-corrected chi connectivity index (χ2v) is 4.14. The molecule has 0 radical (unpaired) electrons. The van der Waals surface area contributed by atoms with Crippen LogP contribution in [0.4, 0.5) is 0 Å². The number of rotatable bonds is 8. The maximum atomic E-state index is 11.6. The van der Waals surface area contributed by atoms with E-state index >= 15 is 0 Å². The molecule has 5 heteroatoms. The highest BCUT2D eigenvalue weighted by Crippen LogP contribution is 2.03. The molecule has 0 aliphatic rings. The van der Waals surface area contributed by atoms with Crippen molar-refractivity contribution in [2.45, 2.75) is 26.7 Å². The third-order valence-corrected chi connectivity index (χ3v) is 2.19. The summed E-state index contributed by atoms with van der Waals surface area (Å²) in [7, 11) is 1.45. The van der Waals surface area contributed by atoms with E-state index in [1.54, 1.807) is 4.90 Å². The van der Waals surface area contributed by atoms with Gasteiger partial charge in [-0.1, -0.05) is 13.8 Å². The van der Waals surface area contributed by atoms with Crippen molar-refractivity contribution >= 4 is 11.9 Å². The third kappa shape index (κ3) is 7.23. The zero-order valence-corrected chi connectivity index (χ0v) is 10.2. The molecule has 0 bridgehead atoms. The predicted molar refractivity (Wildman–Crippen MR) is 60.2 cm³/mol. The van der Waals surface area contributed by atoms with Gasteiger partial charge in [0.05, 0.1) is 6.42 Å².